The standard InChI is InChI=1S/C14H22N4O2.ClH/c1-9(2)6-12(8-15)17-13(19)10-4-3-5-11(7-10)18-14(16)20;/h3-5,7,9,12H,6,8,15H2,1-2H3,(H,17,19)(H3,16,18,20);1H. The molecule has 0 radical (unpaired) electrons. The zero-order chi connectivity index (χ0) is 15.1. The number of nitrogens with two attached hydrogens (primary N) is 2. The van der Waals surface area contributed by atoms with Crippen LogP contribution in [0.25, 0.3) is 0 Å². The Labute approximate surface area is 131 Å². The fraction of sp³-hybridized carbons (Fsp3) is 0.429. The zero-order valence-electron chi connectivity index (χ0n) is 12.3. The van der Waals surface area contributed by atoms with Crippen LogP contribution in [0.1, 0.15) is 30.6 Å². The molecule has 1 aromatic rings. The predicted octanol–water partition coefficient (Wildman–Crippen LogP) is 1.70. The Morgan fingerprint density at radius 1 is 1.29 bits per heavy atom. The Balaban J connectivity index is 0.00000400. The van der Waals surface area contributed by atoms with Crippen LogP contribution in [-0.4, -0.2) is 24.5 Å². The van der Waals surface area contributed by atoms with Crippen LogP contribution in [0.2, 0.25) is 0 Å². The van der Waals surface area contributed by atoms with Crippen molar-refractivity contribution < 1.29 is 9.59 Å². The molecule has 0 spiro atoms. The van der Waals surface area contributed by atoms with Gasteiger partial charge in [0.15, 0.2) is 0 Å². The fourth-order valence-electron chi connectivity index (χ4n) is 1.93. The van der Waals surface area contributed by atoms with Gasteiger partial charge in [0.25, 0.3) is 5.91 Å². The molecule has 0 fully saturated rings. The number of carbonyl (C=O) groups is 2. The molecule has 0 heterocycles. The summed E-state index contributed by atoms with van der Waals surface area (Å²) in [5.41, 5.74) is 11.6. The monoisotopic (exact) mass is 314 g/mol. The normalized spacial score (nSPS) is 11.4. The summed E-state index contributed by atoms with van der Waals surface area (Å²) < 4.78 is 0. The van der Waals surface area contributed by atoms with Crippen molar-refractivity contribution >= 4 is 30.0 Å². The highest BCUT2D eigenvalue weighted by molar-refractivity contribution is 5.96. The number of halogens is 1. The SMILES string of the molecule is CC(C)CC(CN)NC(=O)c1cccc(NC(N)=O)c1.Cl. The number of primary amides is 1. The van der Waals surface area contributed by atoms with E-state index in [1.54, 1.807) is 24.3 Å². The van der Waals surface area contributed by atoms with Crippen molar-refractivity contribution in [2.45, 2.75) is 26.3 Å². The molecule has 0 aromatic heterocycles. The molecule has 0 saturated carbocycles. The first-order valence-electron chi connectivity index (χ1n) is 6.59. The largest absolute Gasteiger partial charge is 0.351 e. The molecule has 6 nitrogen and oxygen atoms in total. The van der Waals surface area contributed by atoms with Crippen molar-refractivity contribution in [2.75, 3.05) is 11.9 Å². The minimum Gasteiger partial charge on any atom is -0.351 e. The number of hydrogen-bond acceptors (Lipinski definition) is 3. The molecule has 118 valence electrons. The predicted molar refractivity (Wildman–Crippen MR) is 86.7 cm³/mol. The van der Waals surface area contributed by atoms with Gasteiger partial charge < -0.3 is 22.1 Å². The molecular weight excluding hydrogens is 292 g/mol. The first-order valence-corrected chi connectivity index (χ1v) is 6.59. The summed E-state index contributed by atoms with van der Waals surface area (Å²) in [7, 11) is 0. The van der Waals surface area contributed by atoms with Crippen LogP contribution in [0.4, 0.5) is 10.5 Å². The van der Waals surface area contributed by atoms with E-state index in [1.165, 1.54) is 0 Å². The van der Waals surface area contributed by atoms with Gasteiger partial charge in [-0.25, -0.2) is 4.79 Å². The van der Waals surface area contributed by atoms with E-state index in [0.29, 0.717) is 23.7 Å². The van der Waals surface area contributed by atoms with Gasteiger partial charge in [0.1, 0.15) is 0 Å². The highest BCUT2D eigenvalue weighted by Gasteiger charge is 2.14. The molecule has 1 rings (SSSR count). The zero-order valence-corrected chi connectivity index (χ0v) is 13.1. The van der Waals surface area contributed by atoms with E-state index < -0.39 is 6.03 Å². The molecule has 0 aliphatic heterocycles. The quantitative estimate of drug-likeness (QED) is 0.641. The summed E-state index contributed by atoms with van der Waals surface area (Å²) in [6, 6.07) is 5.86. The Bertz CT molecular complexity index is 480. The lowest BCUT2D eigenvalue weighted by atomic mass is 10.0. The van der Waals surface area contributed by atoms with Crippen LogP contribution < -0.4 is 22.1 Å². The average molecular weight is 315 g/mol. The van der Waals surface area contributed by atoms with E-state index in [9.17, 15) is 9.59 Å². The van der Waals surface area contributed by atoms with Gasteiger partial charge in [-0.2, -0.15) is 0 Å². The van der Waals surface area contributed by atoms with Gasteiger partial charge in [-0.1, -0.05) is 19.9 Å². The second-order valence-electron chi connectivity index (χ2n) is 5.11. The van der Waals surface area contributed by atoms with Crippen molar-refractivity contribution in [3.63, 3.8) is 0 Å². The van der Waals surface area contributed by atoms with E-state index in [1.807, 2.05) is 0 Å². The summed E-state index contributed by atoms with van der Waals surface area (Å²) in [5, 5.41) is 5.32. The van der Waals surface area contributed by atoms with Gasteiger partial charge in [0.2, 0.25) is 0 Å². The molecule has 21 heavy (non-hydrogen) atoms. The Morgan fingerprint density at radius 3 is 2.48 bits per heavy atom. The lowest BCUT2D eigenvalue weighted by molar-refractivity contribution is 0.0933. The van der Waals surface area contributed by atoms with Crippen LogP contribution >= 0.6 is 12.4 Å². The van der Waals surface area contributed by atoms with Gasteiger partial charge in [0.05, 0.1) is 0 Å². The average Bonchev–Trinajstić information content (AvgIpc) is 2.36. The molecular formula is C14H23ClN4O2. The number of benzene rings is 1. The van der Waals surface area contributed by atoms with E-state index in [4.69, 9.17) is 11.5 Å². The van der Waals surface area contributed by atoms with Crippen molar-refractivity contribution in [1.29, 1.82) is 0 Å². The molecule has 7 heteroatoms. The molecule has 0 aliphatic rings. The van der Waals surface area contributed by atoms with Crippen molar-refractivity contribution in [2.24, 2.45) is 17.4 Å². The second-order valence-corrected chi connectivity index (χ2v) is 5.11. The first-order chi connectivity index (χ1) is 9.42. The minimum absolute atomic E-state index is 0. The number of anilines is 1. The molecule has 1 atom stereocenters. The molecule has 0 bridgehead atoms. The molecule has 1 unspecified atom stereocenters. The smallest absolute Gasteiger partial charge is 0.316 e. The number of carbonyl (C=O) groups excluding carboxylic acids is 2. The van der Waals surface area contributed by atoms with E-state index in [-0.39, 0.29) is 24.4 Å². The van der Waals surface area contributed by atoms with Gasteiger partial charge in [0, 0.05) is 23.8 Å². The topological polar surface area (TPSA) is 110 Å². The van der Waals surface area contributed by atoms with Crippen LogP contribution in [0, 0.1) is 5.92 Å². The summed E-state index contributed by atoms with van der Waals surface area (Å²) in [5.74, 6) is 0.237. The van der Waals surface area contributed by atoms with Crippen LogP contribution in [0.3, 0.4) is 0 Å². The summed E-state index contributed by atoms with van der Waals surface area (Å²) in [6.45, 7) is 4.54. The first kappa shape index (κ1) is 19.2. The maximum Gasteiger partial charge on any atom is 0.316 e. The van der Waals surface area contributed by atoms with Crippen molar-refractivity contribution in [3.8, 4) is 0 Å². The maximum atomic E-state index is 12.1. The van der Waals surface area contributed by atoms with Gasteiger partial charge >= 0.3 is 6.03 Å². The third-order valence-corrected chi connectivity index (χ3v) is 2.77. The van der Waals surface area contributed by atoms with E-state index in [2.05, 4.69) is 24.5 Å². The van der Waals surface area contributed by atoms with Crippen molar-refractivity contribution in [1.82, 2.24) is 5.32 Å². The lowest BCUT2D eigenvalue weighted by Crippen LogP contribution is -2.41. The molecule has 0 saturated heterocycles. The van der Waals surface area contributed by atoms with Gasteiger partial charge in [-0.05, 0) is 30.5 Å². The van der Waals surface area contributed by atoms with Gasteiger partial charge in [-0.3, -0.25) is 4.79 Å². The van der Waals surface area contributed by atoms with Gasteiger partial charge in [-0.15, -0.1) is 12.4 Å². The Kier molecular flexibility index (Phi) is 8.42. The molecule has 3 amide bonds. The fourth-order valence-corrected chi connectivity index (χ4v) is 1.93. The van der Waals surface area contributed by atoms with E-state index in [0.717, 1.165) is 6.42 Å². The number of amides is 3. The van der Waals surface area contributed by atoms with E-state index >= 15 is 0 Å². The highest BCUT2D eigenvalue weighted by Crippen LogP contribution is 2.11. The second kappa shape index (κ2) is 9.20. The highest BCUT2D eigenvalue weighted by atomic mass is 35.5. The van der Waals surface area contributed by atoms with Crippen LogP contribution in [0.5, 0.6) is 0 Å². The van der Waals surface area contributed by atoms with Crippen LogP contribution in [-0.2, 0) is 0 Å². The summed E-state index contributed by atoms with van der Waals surface area (Å²) in [6.07, 6.45) is 0.821. The third-order valence-electron chi connectivity index (χ3n) is 2.77. The summed E-state index contributed by atoms with van der Waals surface area (Å²) in [4.78, 5) is 22.9. The lowest BCUT2D eigenvalue weighted by Gasteiger charge is -2.19. The number of hydrogen-bond donors (Lipinski definition) is 4. The minimum atomic E-state index is -0.665. The van der Waals surface area contributed by atoms with Crippen molar-refractivity contribution in [3.05, 3.63) is 29.8 Å². The number of nitrogens with one attached hydrogen (secondary N) is 2. The summed E-state index contributed by atoms with van der Waals surface area (Å²) >= 11 is 0. The van der Waals surface area contributed by atoms with Crippen LogP contribution in [0.15, 0.2) is 24.3 Å². The third kappa shape index (κ3) is 6.97. The number of rotatable bonds is 6. The molecule has 6 N–H and O–H groups in total. The Morgan fingerprint density at radius 2 is 1.95 bits per heavy atom. The Hall–Kier alpha value is -1.79. The number of urea groups is 1. The molecule has 0 aliphatic carbocycles. The maximum absolute atomic E-state index is 12.1. The molecule has 1 aromatic carbocycles.